The fourth-order valence-corrected chi connectivity index (χ4v) is 5.23. The normalized spacial score (nSPS) is 15.5. The summed E-state index contributed by atoms with van der Waals surface area (Å²) in [5.74, 6) is -1.43. The molecule has 1 saturated heterocycles. The largest absolute Gasteiger partial charge is 0.339 e. The molecular weight excluding hydrogens is 426 g/mol. The van der Waals surface area contributed by atoms with Crippen molar-refractivity contribution in [3.63, 3.8) is 0 Å². The smallest absolute Gasteiger partial charge is 0.262 e. The Morgan fingerprint density at radius 1 is 1.00 bits per heavy atom. The number of hydrogen-bond donors (Lipinski definition) is 1. The van der Waals surface area contributed by atoms with Crippen LogP contribution >= 0.6 is 11.3 Å². The van der Waals surface area contributed by atoms with Crippen molar-refractivity contribution in [2.75, 3.05) is 26.2 Å². The van der Waals surface area contributed by atoms with E-state index >= 15 is 0 Å². The first kappa shape index (κ1) is 22.0. The van der Waals surface area contributed by atoms with Crippen molar-refractivity contribution in [1.29, 1.82) is 0 Å². The Morgan fingerprint density at radius 3 is 2.13 bits per heavy atom. The predicted molar refractivity (Wildman–Crippen MR) is 113 cm³/mol. The molecule has 10 heteroatoms. The minimum absolute atomic E-state index is 0.0414. The number of carbonyl (C=O) groups excluding carboxylic acids is 3. The van der Waals surface area contributed by atoms with Gasteiger partial charge in [-0.05, 0) is 30.5 Å². The zero-order valence-corrected chi connectivity index (χ0v) is 18.3. The molecule has 1 N–H and O–H groups in total. The van der Waals surface area contributed by atoms with Crippen molar-refractivity contribution in [3.05, 3.63) is 52.2 Å². The molecule has 0 radical (unpaired) electrons. The predicted octanol–water partition coefficient (Wildman–Crippen LogP) is 1.28. The summed E-state index contributed by atoms with van der Waals surface area (Å²) in [5.41, 5.74) is 0.875. The van der Waals surface area contributed by atoms with Crippen LogP contribution < -0.4 is 5.32 Å². The van der Waals surface area contributed by atoms with Crippen LogP contribution in [0.3, 0.4) is 0 Å². The lowest BCUT2D eigenvalue weighted by Crippen LogP contribution is -2.57. The highest BCUT2D eigenvalue weighted by Gasteiger charge is 2.39. The van der Waals surface area contributed by atoms with Crippen LogP contribution in [0.2, 0.25) is 0 Å². The van der Waals surface area contributed by atoms with E-state index in [1.54, 1.807) is 34.5 Å². The summed E-state index contributed by atoms with van der Waals surface area (Å²) >= 11 is 1.16. The standard InChI is InChI=1S/C20H23N3O5S2/c1-14-5-7-16(8-6-14)30(27,28)19(21-18(25)17-4-3-13-29-17)20(26)23-11-9-22(10-12-23)15(2)24/h3-8,13,19H,9-12H2,1-2H3,(H,21,25)/t19-/m1/s1. The number of amides is 3. The van der Waals surface area contributed by atoms with Crippen molar-refractivity contribution < 1.29 is 22.8 Å². The number of benzene rings is 1. The van der Waals surface area contributed by atoms with Gasteiger partial charge in [-0.2, -0.15) is 0 Å². The molecule has 1 aromatic heterocycles. The highest BCUT2D eigenvalue weighted by atomic mass is 32.2. The fourth-order valence-electron chi connectivity index (χ4n) is 3.14. The number of hydrogen-bond acceptors (Lipinski definition) is 6. The van der Waals surface area contributed by atoms with E-state index in [0.29, 0.717) is 18.0 Å². The highest BCUT2D eigenvalue weighted by molar-refractivity contribution is 7.92. The van der Waals surface area contributed by atoms with Gasteiger partial charge < -0.3 is 15.1 Å². The Kier molecular flexibility index (Phi) is 6.57. The highest BCUT2D eigenvalue weighted by Crippen LogP contribution is 2.19. The Labute approximate surface area is 179 Å². The lowest BCUT2D eigenvalue weighted by Gasteiger charge is -2.35. The third-order valence-corrected chi connectivity index (χ3v) is 7.67. The molecule has 1 atom stereocenters. The van der Waals surface area contributed by atoms with Gasteiger partial charge in [-0.25, -0.2) is 8.42 Å². The topological polar surface area (TPSA) is 104 Å². The monoisotopic (exact) mass is 449 g/mol. The minimum atomic E-state index is -4.18. The van der Waals surface area contributed by atoms with E-state index in [9.17, 15) is 22.8 Å². The summed E-state index contributed by atoms with van der Waals surface area (Å²) in [5, 5.41) is 2.36. The van der Waals surface area contributed by atoms with Crippen molar-refractivity contribution in [1.82, 2.24) is 15.1 Å². The first-order valence-electron chi connectivity index (χ1n) is 9.39. The van der Waals surface area contributed by atoms with Crippen LogP contribution in [0.4, 0.5) is 0 Å². The van der Waals surface area contributed by atoms with Gasteiger partial charge in [-0.3, -0.25) is 14.4 Å². The zero-order valence-electron chi connectivity index (χ0n) is 16.7. The van der Waals surface area contributed by atoms with Crippen LogP contribution in [-0.2, 0) is 19.4 Å². The summed E-state index contributed by atoms with van der Waals surface area (Å²) < 4.78 is 26.6. The second kappa shape index (κ2) is 8.97. The van der Waals surface area contributed by atoms with Crippen LogP contribution in [-0.4, -0.2) is 67.5 Å². The summed E-state index contributed by atoms with van der Waals surface area (Å²) in [6.07, 6.45) is 0. The maximum atomic E-state index is 13.3. The third-order valence-electron chi connectivity index (χ3n) is 4.93. The van der Waals surface area contributed by atoms with Gasteiger partial charge in [-0.15, -0.1) is 11.3 Å². The molecule has 0 saturated carbocycles. The molecule has 2 heterocycles. The molecule has 30 heavy (non-hydrogen) atoms. The summed E-state index contributed by atoms with van der Waals surface area (Å²) in [7, 11) is -4.18. The molecule has 0 unspecified atom stereocenters. The molecule has 0 aliphatic carbocycles. The minimum Gasteiger partial charge on any atom is -0.339 e. The van der Waals surface area contributed by atoms with Gasteiger partial charge in [0.2, 0.25) is 21.1 Å². The Morgan fingerprint density at radius 2 is 1.60 bits per heavy atom. The lowest BCUT2D eigenvalue weighted by atomic mass is 10.2. The molecule has 2 aromatic rings. The molecule has 3 amide bonds. The van der Waals surface area contributed by atoms with Crippen LogP contribution in [0.25, 0.3) is 0 Å². The van der Waals surface area contributed by atoms with Gasteiger partial charge in [0, 0.05) is 33.1 Å². The van der Waals surface area contributed by atoms with Gasteiger partial charge in [0.1, 0.15) is 0 Å². The van der Waals surface area contributed by atoms with Crippen LogP contribution in [0.15, 0.2) is 46.7 Å². The van der Waals surface area contributed by atoms with Crippen molar-refractivity contribution in [2.24, 2.45) is 0 Å². The SMILES string of the molecule is CC(=O)N1CCN(C(=O)[C@H](NC(=O)c2cccs2)S(=O)(=O)c2ccc(C)cc2)CC1. The second-order valence-electron chi connectivity index (χ2n) is 7.02. The number of piperazine rings is 1. The number of carbonyl (C=O) groups is 3. The maximum absolute atomic E-state index is 13.3. The summed E-state index contributed by atoms with van der Waals surface area (Å²) in [4.78, 5) is 40.6. The molecule has 1 aromatic carbocycles. The number of nitrogens with zero attached hydrogens (tertiary/aromatic N) is 2. The van der Waals surface area contributed by atoms with Gasteiger partial charge in [0.15, 0.2) is 0 Å². The van der Waals surface area contributed by atoms with Gasteiger partial charge >= 0.3 is 0 Å². The van der Waals surface area contributed by atoms with Gasteiger partial charge in [0.25, 0.3) is 11.8 Å². The quantitative estimate of drug-likeness (QED) is 0.741. The van der Waals surface area contributed by atoms with E-state index in [2.05, 4.69) is 5.32 Å². The van der Waals surface area contributed by atoms with E-state index < -0.39 is 27.0 Å². The second-order valence-corrected chi connectivity index (χ2v) is 10.0. The van der Waals surface area contributed by atoms with Crippen LogP contribution in [0, 0.1) is 6.92 Å². The van der Waals surface area contributed by atoms with E-state index in [4.69, 9.17) is 0 Å². The Balaban J connectivity index is 1.89. The average Bonchev–Trinajstić information content (AvgIpc) is 3.26. The number of thiophene rings is 1. The number of aryl methyl sites for hydroxylation is 1. The molecule has 8 nitrogen and oxygen atoms in total. The van der Waals surface area contributed by atoms with E-state index in [1.165, 1.54) is 24.0 Å². The van der Waals surface area contributed by atoms with E-state index in [0.717, 1.165) is 16.9 Å². The molecule has 3 rings (SSSR count). The Hall–Kier alpha value is -2.72. The van der Waals surface area contributed by atoms with Crippen molar-refractivity contribution in [3.8, 4) is 0 Å². The third kappa shape index (κ3) is 4.71. The summed E-state index contributed by atoms with van der Waals surface area (Å²) in [6, 6.07) is 9.37. The molecule has 1 aliphatic heterocycles. The van der Waals surface area contributed by atoms with E-state index in [-0.39, 0.29) is 23.9 Å². The molecule has 1 fully saturated rings. The first-order valence-corrected chi connectivity index (χ1v) is 11.8. The Bertz CT molecular complexity index is 1020. The van der Waals surface area contributed by atoms with Gasteiger partial charge in [0.05, 0.1) is 9.77 Å². The fraction of sp³-hybridized carbons (Fsp3) is 0.350. The average molecular weight is 450 g/mol. The lowest BCUT2D eigenvalue weighted by molar-refractivity contribution is -0.138. The van der Waals surface area contributed by atoms with Gasteiger partial charge in [-0.1, -0.05) is 23.8 Å². The summed E-state index contributed by atoms with van der Waals surface area (Å²) in [6.45, 7) is 4.31. The van der Waals surface area contributed by atoms with Crippen molar-refractivity contribution >= 4 is 38.9 Å². The van der Waals surface area contributed by atoms with Crippen LogP contribution in [0.1, 0.15) is 22.2 Å². The number of rotatable bonds is 5. The van der Waals surface area contributed by atoms with E-state index in [1.807, 2.05) is 6.92 Å². The first-order chi connectivity index (χ1) is 14.2. The molecule has 1 aliphatic rings. The number of nitrogens with one attached hydrogen (secondary N) is 1. The van der Waals surface area contributed by atoms with Crippen LogP contribution in [0.5, 0.6) is 0 Å². The number of sulfone groups is 1. The maximum Gasteiger partial charge on any atom is 0.262 e. The molecule has 0 spiro atoms. The molecule has 160 valence electrons. The molecular formula is C20H23N3O5S2. The van der Waals surface area contributed by atoms with Crippen molar-refractivity contribution in [2.45, 2.75) is 24.1 Å². The zero-order chi connectivity index (χ0) is 21.9. The molecule has 0 bridgehead atoms.